The van der Waals surface area contributed by atoms with Crippen LogP contribution >= 0.6 is 23.4 Å². The fourth-order valence-corrected chi connectivity index (χ4v) is 2.23. The van der Waals surface area contributed by atoms with Crippen molar-refractivity contribution in [1.82, 2.24) is 5.32 Å². The van der Waals surface area contributed by atoms with E-state index in [1.54, 1.807) is 6.07 Å². The molecule has 0 fully saturated rings. The maximum atomic E-state index is 8.71. The summed E-state index contributed by atoms with van der Waals surface area (Å²) in [7, 11) is 0. The Morgan fingerprint density at radius 3 is 2.62 bits per heavy atom. The minimum atomic E-state index is 0.510. The molecule has 2 rings (SSSR count). The van der Waals surface area contributed by atoms with E-state index in [-0.39, 0.29) is 0 Å². The molecule has 0 aliphatic carbocycles. The molecule has 0 atom stereocenters. The van der Waals surface area contributed by atoms with Crippen LogP contribution in [0.25, 0.3) is 0 Å². The second kappa shape index (κ2) is 7.58. The van der Waals surface area contributed by atoms with E-state index in [0.29, 0.717) is 21.6 Å². The van der Waals surface area contributed by atoms with Gasteiger partial charge < -0.3 is 5.32 Å². The molecule has 0 saturated heterocycles. The highest BCUT2D eigenvalue weighted by atomic mass is 35.5. The lowest BCUT2D eigenvalue weighted by atomic mass is 10.2. The molecule has 0 aromatic heterocycles. The van der Waals surface area contributed by atoms with Crippen molar-refractivity contribution < 1.29 is 0 Å². The van der Waals surface area contributed by atoms with Crippen LogP contribution < -0.4 is 10.6 Å². The Labute approximate surface area is 132 Å². The number of nitriles is 1. The van der Waals surface area contributed by atoms with Gasteiger partial charge in [0.2, 0.25) is 0 Å². The first-order valence-electron chi connectivity index (χ1n) is 6.13. The van der Waals surface area contributed by atoms with E-state index < -0.39 is 0 Å². The van der Waals surface area contributed by atoms with Gasteiger partial charge >= 0.3 is 0 Å². The van der Waals surface area contributed by atoms with Crippen LogP contribution in [0.4, 0.5) is 17.1 Å². The summed E-state index contributed by atoms with van der Waals surface area (Å²) in [5.41, 5.74) is 2.29. The number of anilines is 2. The smallest absolute Gasteiger partial charge is 0.183 e. The second-order valence-corrected chi connectivity index (χ2v) is 5.19. The van der Waals surface area contributed by atoms with Crippen LogP contribution in [0.15, 0.2) is 53.5 Å². The standard InChI is InChI=1S/C15H13ClN4S/c1-21-15(18-10-17)20-13-9-5-8-12(16)14(13)19-11-6-3-2-4-7-11/h2-9,19H,1H3,(H,18,20). The normalized spacial score (nSPS) is 10.8. The lowest BCUT2D eigenvalue weighted by Crippen LogP contribution is -2.12. The number of aliphatic imine (C=N–C) groups is 1. The highest BCUT2D eigenvalue weighted by Gasteiger charge is 2.08. The van der Waals surface area contributed by atoms with E-state index in [9.17, 15) is 0 Å². The number of hydrogen-bond acceptors (Lipinski definition) is 4. The van der Waals surface area contributed by atoms with Crippen molar-refractivity contribution in [3.63, 3.8) is 0 Å². The summed E-state index contributed by atoms with van der Waals surface area (Å²) in [4.78, 5) is 4.42. The van der Waals surface area contributed by atoms with Crippen molar-refractivity contribution in [2.24, 2.45) is 4.99 Å². The Balaban J connectivity index is 2.39. The molecule has 4 nitrogen and oxygen atoms in total. The third kappa shape index (κ3) is 4.15. The molecule has 106 valence electrons. The zero-order chi connectivity index (χ0) is 15.1. The Hall–Kier alpha value is -2.16. The van der Waals surface area contributed by atoms with Gasteiger partial charge in [0, 0.05) is 5.69 Å². The number of thioether (sulfide) groups is 1. The maximum Gasteiger partial charge on any atom is 0.183 e. The molecule has 0 aliphatic rings. The molecule has 0 radical (unpaired) electrons. The first-order chi connectivity index (χ1) is 10.2. The van der Waals surface area contributed by atoms with Crippen molar-refractivity contribution >= 4 is 45.6 Å². The van der Waals surface area contributed by atoms with Crippen molar-refractivity contribution in [1.29, 1.82) is 5.26 Å². The van der Waals surface area contributed by atoms with Gasteiger partial charge in [-0.1, -0.05) is 47.6 Å². The highest BCUT2D eigenvalue weighted by Crippen LogP contribution is 2.35. The maximum absolute atomic E-state index is 8.71. The van der Waals surface area contributed by atoms with Gasteiger partial charge in [-0.3, -0.25) is 5.32 Å². The fourth-order valence-electron chi connectivity index (χ4n) is 1.68. The zero-order valence-electron chi connectivity index (χ0n) is 11.3. The average Bonchev–Trinajstić information content (AvgIpc) is 2.51. The minimum absolute atomic E-state index is 0.510. The average molecular weight is 317 g/mol. The SMILES string of the molecule is CSC(=Nc1cccc(Cl)c1Nc1ccccc1)NC#N. The van der Waals surface area contributed by atoms with Gasteiger partial charge in [0.15, 0.2) is 11.4 Å². The summed E-state index contributed by atoms with van der Waals surface area (Å²) >= 11 is 7.61. The van der Waals surface area contributed by atoms with E-state index in [2.05, 4.69) is 15.6 Å². The lowest BCUT2D eigenvalue weighted by molar-refractivity contribution is 1.28. The van der Waals surface area contributed by atoms with Gasteiger partial charge in [-0.25, -0.2) is 4.99 Å². The van der Waals surface area contributed by atoms with Crippen molar-refractivity contribution in [2.45, 2.75) is 0 Å². The van der Waals surface area contributed by atoms with E-state index in [4.69, 9.17) is 16.9 Å². The third-order valence-corrected chi connectivity index (χ3v) is 3.51. The first kappa shape index (κ1) is 15.2. The quantitative estimate of drug-likeness (QED) is 0.379. The van der Waals surface area contributed by atoms with Gasteiger partial charge in [-0.2, -0.15) is 5.26 Å². The third-order valence-electron chi connectivity index (χ3n) is 2.61. The van der Waals surface area contributed by atoms with Crippen molar-refractivity contribution in [3.05, 3.63) is 53.6 Å². The molecule has 0 aliphatic heterocycles. The van der Waals surface area contributed by atoms with Gasteiger partial charge in [0.05, 0.1) is 16.4 Å². The minimum Gasteiger partial charge on any atom is -0.353 e. The van der Waals surface area contributed by atoms with Crippen LogP contribution in [0, 0.1) is 11.5 Å². The van der Waals surface area contributed by atoms with Crippen LogP contribution in [0.5, 0.6) is 0 Å². The largest absolute Gasteiger partial charge is 0.353 e. The van der Waals surface area contributed by atoms with E-state index in [1.165, 1.54) is 11.8 Å². The van der Waals surface area contributed by atoms with Crippen molar-refractivity contribution in [3.8, 4) is 6.19 Å². The molecule has 0 spiro atoms. The number of nitrogens with zero attached hydrogens (tertiary/aromatic N) is 2. The summed E-state index contributed by atoms with van der Waals surface area (Å²) in [6.45, 7) is 0. The molecule has 0 bridgehead atoms. The molecule has 2 aromatic carbocycles. The monoisotopic (exact) mass is 316 g/mol. The highest BCUT2D eigenvalue weighted by molar-refractivity contribution is 8.13. The number of benzene rings is 2. The molecule has 0 amide bonds. The molecule has 21 heavy (non-hydrogen) atoms. The molecule has 0 saturated carbocycles. The molecule has 0 unspecified atom stereocenters. The van der Waals surface area contributed by atoms with E-state index in [0.717, 1.165) is 5.69 Å². The van der Waals surface area contributed by atoms with Crippen LogP contribution in [-0.2, 0) is 0 Å². The fraction of sp³-hybridized carbons (Fsp3) is 0.0667. The summed E-state index contributed by atoms with van der Waals surface area (Å²) in [6.07, 6.45) is 3.71. The van der Waals surface area contributed by atoms with Gasteiger partial charge in [-0.15, -0.1) is 0 Å². The summed E-state index contributed by atoms with van der Waals surface area (Å²) < 4.78 is 0. The van der Waals surface area contributed by atoms with Crippen LogP contribution in [0.1, 0.15) is 0 Å². The number of rotatable bonds is 3. The Kier molecular flexibility index (Phi) is 5.50. The number of para-hydroxylation sites is 2. The number of nitrogens with one attached hydrogen (secondary N) is 2. The summed E-state index contributed by atoms with van der Waals surface area (Å²) in [5, 5.41) is 15.6. The molecule has 2 aromatic rings. The predicted octanol–water partition coefficient (Wildman–Crippen LogP) is 4.50. The van der Waals surface area contributed by atoms with Gasteiger partial charge in [0.1, 0.15) is 0 Å². The Bertz CT molecular complexity index is 680. The molecule has 6 heteroatoms. The molecule has 2 N–H and O–H groups in total. The number of amidine groups is 1. The lowest BCUT2D eigenvalue weighted by Gasteiger charge is -2.12. The van der Waals surface area contributed by atoms with Crippen LogP contribution in [0.2, 0.25) is 5.02 Å². The summed E-state index contributed by atoms with van der Waals surface area (Å²) in [5.74, 6) is 0. The van der Waals surface area contributed by atoms with E-state index >= 15 is 0 Å². The van der Waals surface area contributed by atoms with E-state index in [1.807, 2.05) is 54.9 Å². The first-order valence-corrected chi connectivity index (χ1v) is 7.73. The Morgan fingerprint density at radius 2 is 1.95 bits per heavy atom. The molecular formula is C15H13ClN4S. The summed E-state index contributed by atoms with van der Waals surface area (Å²) in [6, 6.07) is 15.2. The zero-order valence-corrected chi connectivity index (χ0v) is 12.9. The Morgan fingerprint density at radius 1 is 1.19 bits per heavy atom. The second-order valence-electron chi connectivity index (χ2n) is 3.98. The number of halogens is 1. The van der Waals surface area contributed by atoms with Crippen LogP contribution in [0.3, 0.4) is 0 Å². The molecule has 0 heterocycles. The topological polar surface area (TPSA) is 60.2 Å². The van der Waals surface area contributed by atoms with Gasteiger partial charge in [-0.05, 0) is 30.5 Å². The number of hydrogen-bond donors (Lipinski definition) is 2. The van der Waals surface area contributed by atoms with Gasteiger partial charge in [0.25, 0.3) is 0 Å². The predicted molar refractivity (Wildman–Crippen MR) is 90.5 cm³/mol. The van der Waals surface area contributed by atoms with Crippen LogP contribution in [-0.4, -0.2) is 11.4 Å². The molecular weight excluding hydrogens is 304 g/mol. The van der Waals surface area contributed by atoms with Crippen molar-refractivity contribution in [2.75, 3.05) is 11.6 Å².